The van der Waals surface area contributed by atoms with Crippen LogP contribution < -0.4 is 5.32 Å². The lowest BCUT2D eigenvalue weighted by molar-refractivity contribution is 0.673. The molecule has 2 aromatic carbocycles. The number of halogens is 1. The van der Waals surface area contributed by atoms with Gasteiger partial charge >= 0.3 is 0 Å². The van der Waals surface area contributed by atoms with Crippen LogP contribution >= 0.6 is 11.6 Å². The summed E-state index contributed by atoms with van der Waals surface area (Å²) in [6, 6.07) is 19.4. The van der Waals surface area contributed by atoms with Crippen LogP contribution in [0.25, 0.3) is 0 Å². The van der Waals surface area contributed by atoms with Crippen LogP contribution in [0.3, 0.4) is 0 Å². The van der Waals surface area contributed by atoms with Crippen LogP contribution in [0.2, 0.25) is 5.02 Å². The van der Waals surface area contributed by atoms with Gasteiger partial charge in [-0.3, -0.25) is 0 Å². The van der Waals surface area contributed by atoms with Crippen molar-refractivity contribution in [3.05, 3.63) is 70.7 Å². The predicted molar refractivity (Wildman–Crippen MR) is 75.9 cm³/mol. The highest BCUT2D eigenvalue weighted by molar-refractivity contribution is 6.30. The van der Waals surface area contributed by atoms with Crippen molar-refractivity contribution >= 4 is 11.6 Å². The first-order chi connectivity index (χ1) is 8.83. The first-order valence-electron chi connectivity index (χ1n) is 6.36. The third-order valence-electron chi connectivity index (χ3n) is 3.50. The van der Waals surface area contributed by atoms with Crippen LogP contribution in [0.4, 0.5) is 0 Å². The normalized spacial score (nSPS) is 21.8. The molecule has 2 atom stereocenters. The summed E-state index contributed by atoms with van der Waals surface area (Å²) in [6.07, 6.45) is 1.25. The van der Waals surface area contributed by atoms with E-state index in [2.05, 4.69) is 47.8 Å². The Hall–Kier alpha value is -1.31. The summed E-state index contributed by atoms with van der Waals surface area (Å²) >= 11 is 5.87. The highest BCUT2D eigenvalue weighted by Gasteiger charge is 2.37. The first-order valence-corrected chi connectivity index (χ1v) is 6.73. The lowest BCUT2D eigenvalue weighted by Crippen LogP contribution is -2.17. The van der Waals surface area contributed by atoms with Gasteiger partial charge in [0.15, 0.2) is 0 Å². The first kappa shape index (κ1) is 11.8. The second-order valence-electron chi connectivity index (χ2n) is 4.87. The highest BCUT2D eigenvalue weighted by Crippen LogP contribution is 2.40. The van der Waals surface area contributed by atoms with E-state index < -0.39 is 0 Å². The Bertz CT molecular complexity index is 506. The van der Waals surface area contributed by atoms with E-state index in [4.69, 9.17) is 11.6 Å². The molecule has 0 saturated heterocycles. The zero-order chi connectivity index (χ0) is 12.4. The van der Waals surface area contributed by atoms with Gasteiger partial charge in [0.05, 0.1) is 0 Å². The summed E-state index contributed by atoms with van der Waals surface area (Å²) in [6.45, 7) is 0.922. The van der Waals surface area contributed by atoms with Gasteiger partial charge in [0.1, 0.15) is 0 Å². The summed E-state index contributed by atoms with van der Waals surface area (Å²) in [5, 5.41) is 4.40. The van der Waals surface area contributed by atoms with Crippen LogP contribution in [-0.4, -0.2) is 6.04 Å². The standard InChI is InChI=1S/C16H16ClN/c17-14-8-6-12(7-9-14)11-18-16-10-15(16)13-4-2-1-3-5-13/h1-9,15-16,18H,10-11H2. The summed E-state index contributed by atoms with van der Waals surface area (Å²) in [5.41, 5.74) is 2.74. The summed E-state index contributed by atoms with van der Waals surface area (Å²) in [4.78, 5) is 0. The Morgan fingerprint density at radius 1 is 1.00 bits per heavy atom. The van der Waals surface area contributed by atoms with Crippen LogP contribution in [-0.2, 0) is 6.54 Å². The molecule has 0 spiro atoms. The SMILES string of the molecule is Clc1ccc(CNC2CC2c2ccccc2)cc1. The smallest absolute Gasteiger partial charge is 0.0406 e. The Labute approximate surface area is 113 Å². The number of rotatable bonds is 4. The average Bonchev–Trinajstić information content (AvgIpc) is 3.19. The van der Waals surface area contributed by atoms with Crippen molar-refractivity contribution in [2.75, 3.05) is 0 Å². The second kappa shape index (κ2) is 5.13. The molecule has 2 aromatic rings. The number of hydrogen-bond acceptors (Lipinski definition) is 1. The largest absolute Gasteiger partial charge is 0.309 e. The van der Waals surface area contributed by atoms with Gasteiger partial charge in [0.2, 0.25) is 0 Å². The third-order valence-corrected chi connectivity index (χ3v) is 3.75. The predicted octanol–water partition coefficient (Wildman–Crippen LogP) is 3.99. The monoisotopic (exact) mass is 257 g/mol. The Morgan fingerprint density at radius 3 is 2.44 bits per heavy atom. The lowest BCUT2D eigenvalue weighted by atomic mass is 10.1. The summed E-state index contributed by atoms with van der Waals surface area (Å²) < 4.78 is 0. The summed E-state index contributed by atoms with van der Waals surface area (Å²) in [5.74, 6) is 0.693. The van der Waals surface area contributed by atoms with Crippen LogP contribution in [0.5, 0.6) is 0 Å². The van der Waals surface area contributed by atoms with Gasteiger partial charge < -0.3 is 5.32 Å². The molecule has 0 aromatic heterocycles. The summed E-state index contributed by atoms with van der Waals surface area (Å²) in [7, 11) is 0. The van der Waals surface area contributed by atoms with E-state index in [9.17, 15) is 0 Å². The fraction of sp³-hybridized carbons (Fsp3) is 0.250. The number of hydrogen-bond donors (Lipinski definition) is 1. The molecule has 1 aliphatic rings. The Balaban J connectivity index is 1.53. The van der Waals surface area contributed by atoms with Crippen LogP contribution in [0.1, 0.15) is 23.5 Å². The molecule has 0 heterocycles. The molecule has 18 heavy (non-hydrogen) atoms. The molecule has 0 amide bonds. The topological polar surface area (TPSA) is 12.0 Å². The lowest BCUT2D eigenvalue weighted by Gasteiger charge is -2.05. The molecular formula is C16H16ClN. The third kappa shape index (κ3) is 2.74. The maximum absolute atomic E-state index is 5.87. The number of nitrogens with one attached hydrogen (secondary N) is 1. The van der Waals surface area contributed by atoms with Crippen molar-refractivity contribution in [3.8, 4) is 0 Å². The van der Waals surface area contributed by atoms with Crippen LogP contribution in [0.15, 0.2) is 54.6 Å². The highest BCUT2D eigenvalue weighted by atomic mass is 35.5. The minimum Gasteiger partial charge on any atom is -0.309 e. The average molecular weight is 258 g/mol. The molecular weight excluding hydrogens is 242 g/mol. The minimum atomic E-state index is 0.628. The Kier molecular flexibility index (Phi) is 3.35. The van der Waals surface area contributed by atoms with Crippen molar-refractivity contribution in [3.63, 3.8) is 0 Å². The second-order valence-corrected chi connectivity index (χ2v) is 5.30. The zero-order valence-corrected chi connectivity index (χ0v) is 10.9. The van der Waals surface area contributed by atoms with Crippen molar-refractivity contribution in [2.24, 2.45) is 0 Å². The molecule has 0 bridgehead atoms. The van der Waals surface area contributed by atoms with Gasteiger partial charge in [0, 0.05) is 23.5 Å². The maximum atomic E-state index is 5.87. The fourth-order valence-corrected chi connectivity index (χ4v) is 2.47. The van der Waals surface area contributed by atoms with E-state index in [1.807, 2.05) is 12.1 Å². The molecule has 3 rings (SSSR count). The van der Waals surface area contributed by atoms with Crippen molar-refractivity contribution in [1.82, 2.24) is 5.32 Å². The molecule has 1 fully saturated rings. The molecule has 1 aliphatic carbocycles. The number of benzene rings is 2. The van der Waals surface area contributed by atoms with E-state index >= 15 is 0 Å². The Morgan fingerprint density at radius 2 is 1.72 bits per heavy atom. The van der Waals surface area contributed by atoms with E-state index in [-0.39, 0.29) is 0 Å². The van der Waals surface area contributed by atoms with Gasteiger partial charge in [-0.05, 0) is 29.7 Å². The van der Waals surface area contributed by atoms with Gasteiger partial charge in [-0.25, -0.2) is 0 Å². The van der Waals surface area contributed by atoms with E-state index in [1.54, 1.807) is 0 Å². The van der Waals surface area contributed by atoms with Gasteiger partial charge in [-0.2, -0.15) is 0 Å². The van der Waals surface area contributed by atoms with Gasteiger partial charge in [-0.1, -0.05) is 54.1 Å². The fourth-order valence-electron chi connectivity index (χ4n) is 2.34. The van der Waals surface area contributed by atoms with Gasteiger partial charge in [-0.15, -0.1) is 0 Å². The molecule has 1 N–H and O–H groups in total. The molecule has 0 aliphatic heterocycles. The zero-order valence-electron chi connectivity index (χ0n) is 10.1. The molecule has 2 unspecified atom stereocenters. The van der Waals surface area contributed by atoms with Crippen molar-refractivity contribution in [1.29, 1.82) is 0 Å². The minimum absolute atomic E-state index is 0.628. The van der Waals surface area contributed by atoms with Crippen molar-refractivity contribution < 1.29 is 0 Å². The molecule has 0 radical (unpaired) electrons. The van der Waals surface area contributed by atoms with Gasteiger partial charge in [0.25, 0.3) is 0 Å². The van der Waals surface area contributed by atoms with Crippen molar-refractivity contribution in [2.45, 2.75) is 24.9 Å². The van der Waals surface area contributed by atoms with E-state index in [0.717, 1.165) is 11.6 Å². The van der Waals surface area contributed by atoms with E-state index in [0.29, 0.717) is 12.0 Å². The quantitative estimate of drug-likeness (QED) is 0.874. The maximum Gasteiger partial charge on any atom is 0.0406 e. The van der Waals surface area contributed by atoms with E-state index in [1.165, 1.54) is 17.5 Å². The molecule has 92 valence electrons. The molecule has 1 saturated carbocycles. The molecule has 1 nitrogen and oxygen atoms in total. The molecule has 2 heteroatoms. The van der Waals surface area contributed by atoms with Crippen LogP contribution in [0, 0.1) is 0 Å².